The lowest BCUT2D eigenvalue weighted by Gasteiger charge is -2.22. The number of aromatic amines is 1. The Labute approximate surface area is 92.4 Å². The predicted octanol–water partition coefficient (Wildman–Crippen LogP) is 1.52. The van der Waals surface area contributed by atoms with Gasteiger partial charge in [0.05, 0.1) is 0 Å². The molecular formula is C12H23N3. The van der Waals surface area contributed by atoms with Gasteiger partial charge in [-0.05, 0) is 49.5 Å². The second-order valence-electron chi connectivity index (χ2n) is 4.84. The Morgan fingerprint density at radius 2 is 2.20 bits per heavy atom. The average molecular weight is 209 g/mol. The number of hydrogen-bond donors (Lipinski definition) is 3. The monoisotopic (exact) mass is 209 g/mol. The van der Waals surface area contributed by atoms with Gasteiger partial charge in [-0.25, -0.2) is 0 Å². The molecule has 3 nitrogen and oxygen atoms in total. The van der Waals surface area contributed by atoms with Gasteiger partial charge in [-0.15, -0.1) is 0 Å². The fourth-order valence-electron chi connectivity index (χ4n) is 1.40. The first-order valence-electron chi connectivity index (χ1n) is 5.66. The Balaban J connectivity index is 2.03. The van der Waals surface area contributed by atoms with Gasteiger partial charge >= 0.3 is 0 Å². The number of nitrogens with two attached hydrogens (primary N) is 1. The minimum absolute atomic E-state index is 0.265. The van der Waals surface area contributed by atoms with Gasteiger partial charge in [0.15, 0.2) is 0 Å². The van der Waals surface area contributed by atoms with Crippen LogP contribution in [0.5, 0.6) is 0 Å². The molecule has 4 N–H and O–H groups in total. The summed E-state index contributed by atoms with van der Waals surface area (Å²) in [6, 6.07) is 2.12. The Kier molecular flexibility index (Phi) is 4.85. The third-order valence-corrected chi connectivity index (χ3v) is 2.78. The molecule has 0 spiro atoms. The Bertz CT molecular complexity index is 252. The molecule has 0 radical (unpaired) electrons. The van der Waals surface area contributed by atoms with Crippen molar-refractivity contribution in [2.24, 2.45) is 11.1 Å². The van der Waals surface area contributed by atoms with Crippen LogP contribution < -0.4 is 11.1 Å². The molecule has 1 rings (SSSR count). The number of aromatic nitrogens is 1. The van der Waals surface area contributed by atoms with Crippen LogP contribution in [-0.4, -0.2) is 24.6 Å². The van der Waals surface area contributed by atoms with Crippen molar-refractivity contribution in [3.63, 3.8) is 0 Å². The lowest BCUT2D eigenvalue weighted by Crippen LogP contribution is -2.29. The highest BCUT2D eigenvalue weighted by Gasteiger charge is 2.13. The third-order valence-electron chi connectivity index (χ3n) is 2.78. The molecule has 0 aromatic carbocycles. The fourth-order valence-corrected chi connectivity index (χ4v) is 1.40. The van der Waals surface area contributed by atoms with Crippen molar-refractivity contribution in [2.45, 2.75) is 26.7 Å². The predicted molar refractivity (Wildman–Crippen MR) is 64.8 cm³/mol. The van der Waals surface area contributed by atoms with Crippen molar-refractivity contribution in [2.75, 3.05) is 19.6 Å². The maximum absolute atomic E-state index is 5.67. The van der Waals surface area contributed by atoms with E-state index in [-0.39, 0.29) is 5.41 Å². The van der Waals surface area contributed by atoms with E-state index in [4.69, 9.17) is 5.73 Å². The van der Waals surface area contributed by atoms with Crippen molar-refractivity contribution >= 4 is 0 Å². The smallest absolute Gasteiger partial charge is 0.00378 e. The molecule has 0 saturated carbocycles. The van der Waals surface area contributed by atoms with Gasteiger partial charge in [0, 0.05) is 12.4 Å². The molecule has 0 bridgehead atoms. The van der Waals surface area contributed by atoms with Crippen molar-refractivity contribution in [3.8, 4) is 0 Å². The number of hydrogen-bond acceptors (Lipinski definition) is 2. The second-order valence-corrected chi connectivity index (χ2v) is 4.84. The summed E-state index contributed by atoms with van der Waals surface area (Å²) in [6.45, 7) is 7.27. The standard InChI is InChI=1S/C12H23N3/c1-12(2,10-13)5-8-14-6-3-11-4-7-15-9-11/h4,7,9,14-15H,3,5-6,8,10,13H2,1-2H3. The summed E-state index contributed by atoms with van der Waals surface area (Å²) in [5.74, 6) is 0. The molecule has 0 saturated heterocycles. The van der Waals surface area contributed by atoms with E-state index in [0.717, 1.165) is 32.5 Å². The summed E-state index contributed by atoms with van der Waals surface area (Å²) in [4.78, 5) is 3.06. The molecule has 15 heavy (non-hydrogen) atoms. The van der Waals surface area contributed by atoms with Crippen LogP contribution in [0.4, 0.5) is 0 Å². The largest absolute Gasteiger partial charge is 0.367 e. The van der Waals surface area contributed by atoms with Crippen molar-refractivity contribution in [1.29, 1.82) is 0 Å². The minimum atomic E-state index is 0.265. The lowest BCUT2D eigenvalue weighted by atomic mass is 9.90. The Morgan fingerprint density at radius 3 is 2.80 bits per heavy atom. The van der Waals surface area contributed by atoms with Crippen LogP contribution >= 0.6 is 0 Å². The summed E-state index contributed by atoms with van der Waals surface area (Å²) in [5.41, 5.74) is 7.29. The molecule has 1 aromatic heterocycles. The fraction of sp³-hybridized carbons (Fsp3) is 0.667. The maximum atomic E-state index is 5.67. The quantitative estimate of drug-likeness (QED) is 0.596. The summed E-state index contributed by atoms with van der Waals surface area (Å²) < 4.78 is 0. The molecular weight excluding hydrogens is 186 g/mol. The zero-order chi connectivity index (χ0) is 11.1. The van der Waals surface area contributed by atoms with E-state index in [1.807, 2.05) is 12.4 Å². The SMILES string of the molecule is CC(C)(CN)CCNCCc1cc[nH]c1. The van der Waals surface area contributed by atoms with Crippen molar-refractivity contribution < 1.29 is 0 Å². The lowest BCUT2D eigenvalue weighted by molar-refractivity contribution is 0.340. The highest BCUT2D eigenvalue weighted by Crippen LogP contribution is 2.16. The molecule has 0 aliphatic rings. The first-order valence-corrected chi connectivity index (χ1v) is 5.66. The van der Waals surface area contributed by atoms with Crippen LogP contribution in [-0.2, 0) is 6.42 Å². The molecule has 3 heteroatoms. The van der Waals surface area contributed by atoms with E-state index in [1.54, 1.807) is 0 Å². The van der Waals surface area contributed by atoms with Crippen LogP contribution in [0, 0.1) is 5.41 Å². The summed E-state index contributed by atoms with van der Waals surface area (Å²) >= 11 is 0. The molecule has 0 atom stereocenters. The molecule has 0 aliphatic heterocycles. The van der Waals surface area contributed by atoms with Gasteiger partial charge in [-0.3, -0.25) is 0 Å². The third kappa shape index (κ3) is 5.00. The summed E-state index contributed by atoms with van der Waals surface area (Å²) in [6.07, 6.45) is 6.24. The number of rotatable bonds is 7. The van der Waals surface area contributed by atoms with Gasteiger partial charge < -0.3 is 16.0 Å². The molecule has 1 heterocycles. The molecule has 0 unspecified atom stereocenters. The summed E-state index contributed by atoms with van der Waals surface area (Å²) in [5, 5.41) is 3.44. The normalized spacial score (nSPS) is 11.9. The van der Waals surface area contributed by atoms with Gasteiger partial charge in [0.1, 0.15) is 0 Å². The van der Waals surface area contributed by atoms with Crippen molar-refractivity contribution in [3.05, 3.63) is 24.0 Å². The first kappa shape index (κ1) is 12.3. The number of nitrogens with one attached hydrogen (secondary N) is 2. The van der Waals surface area contributed by atoms with E-state index in [0.29, 0.717) is 0 Å². The van der Waals surface area contributed by atoms with Crippen LogP contribution in [0.2, 0.25) is 0 Å². The van der Waals surface area contributed by atoms with Crippen LogP contribution in [0.25, 0.3) is 0 Å². The zero-order valence-electron chi connectivity index (χ0n) is 9.84. The maximum Gasteiger partial charge on any atom is 0.00378 e. The molecule has 1 aromatic rings. The van der Waals surface area contributed by atoms with Crippen LogP contribution in [0.3, 0.4) is 0 Å². The highest BCUT2D eigenvalue weighted by molar-refractivity contribution is 5.08. The topological polar surface area (TPSA) is 53.8 Å². The second kappa shape index (κ2) is 5.93. The van der Waals surface area contributed by atoms with Crippen molar-refractivity contribution in [1.82, 2.24) is 10.3 Å². The first-order chi connectivity index (χ1) is 7.14. The molecule has 86 valence electrons. The van der Waals surface area contributed by atoms with Gasteiger partial charge in [-0.1, -0.05) is 13.8 Å². The summed E-state index contributed by atoms with van der Waals surface area (Å²) in [7, 11) is 0. The van der Waals surface area contributed by atoms with Gasteiger partial charge in [0.2, 0.25) is 0 Å². The highest BCUT2D eigenvalue weighted by atomic mass is 14.8. The van der Waals surface area contributed by atoms with E-state index in [2.05, 4.69) is 30.2 Å². The van der Waals surface area contributed by atoms with Crippen LogP contribution in [0.15, 0.2) is 18.5 Å². The van der Waals surface area contributed by atoms with Gasteiger partial charge in [0.25, 0.3) is 0 Å². The van der Waals surface area contributed by atoms with E-state index < -0.39 is 0 Å². The minimum Gasteiger partial charge on any atom is -0.367 e. The van der Waals surface area contributed by atoms with Gasteiger partial charge in [-0.2, -0.15) is 0 Å². The number of H-pyrrole nitrogens is 1. The Morgan fingerprint density at radius 1 is 1.40 bits per heavy atom. The van der Waals surface area contributed by atoms with Crippen LogP contribution in [0.1, 0.15) is 25.8 Å². The molecule has 0 aliphatic carbocycles. The average Bonchev–Trinajstić information content (AvgIpc) is 2.70. The van der Waals surface area contributed by atoms with E-state index in [1.165, 1.54) is 5.56 Å². The Hall–Kier alpha value is -0.800. The zero-order valence-corrected chi connectivity index (χ0v) is 9.84. The van der Waals surface area contributed by atoms with E-state index >= 15 is 0 Å². The molecule has 0 amide bonds. The van der Waals surface area contributed by atoms with E-state index in [9.17, 15) is 0 Å². The molecule has 0 fully saturated rings.